The van der Waals surface area contributed by atoms with E-state index in [-0.39, 0.29) is 21.1 Å². The van der Waals surface area contributed by atoms with Crippen LogP contribution in [-0.2, 0) is 0 Å². The van der Waals surface area contributed by atoms with Crippen molar-refractivity contribution in [2.45, 2.75) is 0 Å². The summed E-state index contributed by atoms with van der Waals surface area (Å²) in [5.41, 5.74) is -0.674. The third-order valence-electron chi connectivity index (χ3n) is 1.33. The Balaban J connectivity index is 0.00000144. The Morgan fingerprint density at radius 2 is 1.92 bits per heavy atom. The van der Waals surface area contributed by atoms with E-state index < -0.39 is 10.9 Å². The lowest BCUT2D eigenvalue weighted by Crippen LogP contribution is -2.01. The minimum atomic E-state index is -1.29. The highest BCUT2D eigenvalue weighted by molar-refractivity contribution is 6.92. The molecule has 0 saturated heterocycles. The molecule has 0 saturated carbocycles. The Bertz CT molecular complexity index is 306. The van der Waals surface area contributed by atoms with Crippen molar-refractivity contribution in [2.24, 2.45) is 0 Å². The third kappa shape index (κ3) is 2.49. The first-order valence-corrected chi connectivity index (χ1v) is 3.09. The summed E-state index contributed by atoms with van der Waals surface area (Å²) in [5.74, 6) is -1.29. The van der Waals surface area contributed by atoms with Gasteiger partial charge in [0.05, 0.1) is 4.92 Å². The number of nitrogens with zero attached hydrogens (tertiary/aromatic N) is 1. The molecule has 0 radical (unpaired) electrons. The summed E-state index contributed by atoms with van der Waals surface area (Å²) >= 11 is 0. The van der Waals surface area contributed by atoms with Crippen molar-refractivity contribution >= 4 is 21.6 Å². The zero-order valence-corrected chi connectivity index (χ0v) is 8.05. The standard InChI is InChI=1S/C7H5NO4.H3P/c9-7(10)5-3-1-2-4-6(5)8(11)12;/h1-4H,(H,9,10);1H3. The lowest BCUT2D eigenvalue weighted by molar-refractivity contribution is -0.385. The van der Waals surface area contributed by atoms with Crippen molar-refractivity contribution in [1.29, 1.82) is 0 Å². The highest BCUT2D eigenvalue weighted by Gasteiger charge is 2.17. The lowest BCUT2D eigenvalue weighted by atomic mass is 10.2. The van der Waals surface area contributed by atoms with Gasteiger partial charge in [-0.15, -0.1) is 0 Å². The van der Waals surface area contributed by atoms with E-state index in [1.807, 2.05) is 0 Å². The first kappa shape index (κ1) is 11.5. The second-order valence-electron chi connectivity index (χ2n) is 2.08. The van der Waals surface area contributed by atoms with Crippen LogP contribution in [0.1, 0.15) is 10.4 Å². The Labute approximate surface area is 77.2 Å². The molecule has 0 bridgehead atoms. The van der Waals surface area contributed by atoms with Crippen LogP contribution >= 0.6 is 9.90 Å². The summed E-state index contributed by atoms with van der Waals surface area (Å²) < 4.78 is 0. The van der Waals surface area contributed by atoms with Gasteiger partial charge in [-0.25, -0.2) is 4.79 Å². The maximum Gasteiger partial charge on any atom is 0.342 e. The highest BCUT2D eigenvalue weighted by Crippen LogP contribution is 2.16. The van der Waals surface area contributed by atoms with Crippen LogP contribution in [0.3, 0.4) is 0 Å². The third-order valence-corrected chi connectivity index (χ3v) is 1.33. The molecule has 13 heavy (non-hydrogen) atoms. The summed E-state index contributed by atoms with van der Waals surface area (Å²) in [5, 5.41) is 18.8. The first-order valence-electron chi connectivity index (χ1n) is 3.09. The van der Waals surface area contributed by atoms with E-state index in [0.717, 1.165) is 6.07 Å². The second-order valence-corrected chi connectivity index (χ2v) is 2.08. The summed E-state index contributed by atoms with van der Waals surface area (Å²) in [4.78, 5) is 20.0. The number of carbonyl (C=O) groups is 1. The van der Waals surface area contributed by atoms with Crippen molar-refractivity contribution in [2.75, 3.05) is 0 Å². The number of aromatic carboxylic acids is 1. The second kappa shape index (κ2) is 4.52. The van der Waals surface area contributed by atoms with Crippen molar-refractivity contribution in [3.05, 3.63) is 39.9 Å². The van der Waals surface area contributed by atoms with Gasteiger partial charge in [-0.05, 0) is 6.07 Å². The number of benzene rings is 1. The predicted octanol–water partition coefficient (Wildman–Crippen LogP) is 1.35. The van der Waals surface area contributed by atoms with E-state index in [1.165, 1.54) is 18.2 Å². The summed E-state index contributed by atoms with van der Waals surface area (Å²) in [7, 11) is 0. The zero-order valence-electron chi connectivity index (χ0n) is 6.64. The number of hydrogen-bond donors (Lipinski definition) is 1. The molecule has 0 aliphatic heterocycles. The molecule has 1 aromatic rings. The van der Waals surface area contributed by atoms with Crippen molar-refractivity contribution in [3.8, 4) is 0 Å². The quantitative estimate of drug-likeness (QED) is 0.445. The minimum absolute atomic E-state index is 0. The molecule has 6 heteroatoms. The van der Waals surface area contributed by atoms with Gasteiger partial charge in [0, 0.05) is 6.07 Å². The molecule has 0 aliphatic carbocycles. The van der Waals surface area contributed by atoms with Gasteiger partial charge in [-0.1, -0.05) is 12.1 Å². The lowest BCUT2D eigenvalue weighted by Gasteiger charge is -1.94. The molecule has 0 amide bonds. The Morgan fingerprint density at radius 3 is 2.31 bits per heavy atom. The monoisotopic (exact) mass is 201 g/mol. The molecule has 1 rings (SSSR count). The van der Waals surface area contributed by atoms with Crippen LogP contribution < -0.4 is 0 Å². The topological polar surface area (TPSA) is 80.4 Å². The van der Waals surface area contributed by atoms with E-state index in [4.69, 9.17) is 5.11 Å². The molecule has 0 fully saturated rings. The van der Waals surface area contributed by atoms with Crippen molar-refractivity contribution < 1.29 is 14.8 Å². The molecule has 5 nitrogen and oxygen atoms in total. The molecular weight excluding hydrogens is 193 g/mol. The SMILES string of the molecule is O=C(O)c1ccccc1[N+](=O)[O-].P. The van der Waals surface area contributed by atoms with Crippen LogP contribution in [0.15, 0.2) is 24.3 Å². The Hall–Kier alpha value is -1.48. The normalized spacial score (nSPS) is 8.62. The van der Waals surface area contributed by atoms with Crippen LogP contribution in [0.2, 0.25) is 0 Å². The van der Waals surface area contributed by atoms with Gasteiger partial charge >= 0.3 is 5.97 Å². The number of nitro groups is 1. The average Bonchev–Trinajstić information content (AvgIpc) is 2.04. The minimum Gasteiger partial charge on any atom is -0.477 e. The van der Waals surface area contributed by atoms with E-state index >= 15 is 0 Å². The predicted molar refractivity (Wildman–Crippen MR) is 51.2 cm³/mol. The fourth-order valence-corrected chi connectivity index (χ4v) is 0.814. The van der Waals surface area contributed by atoms with Crippen molar-refractivity contribution in [3.63, 3.8) is 0 Å². The molecule has 0 heterocycles. The molecule has 70 valence electrons. The van der Waals surface area contributed by atoms with Gasteiger partial charge in [0.15, 0.2) is 0 Å². The molecule has 0 spiro atoms. The first-order chi connectivity index (χ1) is 5.63. The van der Waals surface area contributed by atoms with Crippen LogP contribution in [0.25, 0.3) is 0 Å². The number of rotatable bonds is 2. The number of nitro benzene ring substituents is 1. The Kier molecular flexibility index (Phi) is 4.01. The molecule has 1 atom stereocenters. The van der Waals surface area contributed by atoms with Gasteiger partial charge in [0.2, 0.25) is 0 Å². The number of carboxylic acid groups (broad SMARTS) is 1. The summed E-state index contributed by atoms with van der Waals surface area (Å²) in [6, 6.07) is 5.21. The largest absolute Gasteiger partial charge is 0.477 e. The molecule has 0 aromatic heterocycles. The molecular formula is C7H8NO4P. The van der Waals surface area contributed by atoms with E-state index in [9.17, 15) is 14.9 Å². The number of hydrogen-bond acceptors (Lipinski definition) is 3. The number of para-hydroxylation sites is 1. The van der Waals surface area contributed by atoms with E-state index in [0.29, 0.717) is 0 Å². The smallest absolute Gasteiger partial charge is 0.342 e. The van der Waals surface area contributed by atoms with Gasteiger partial charge in [-0.2, -0.15) is 9.90 Å². The van der Waals surface area contributed by atoms with Crippen molar-refractivity contribution in [1.82, 2.24) is 0 Å². The molecule has 0 aliphatic rings. The molecule has 1 unspecified atom stereocenters. The molecule has 1 aromatic carbocycles. The maximum absolute atomic E-state index is 10.4. The van der Waals surface area contributed by atoms with Gasteiger partial charge in [0.25, 0.3) is 5.69 Å². The van der Waals surface area contributed by atoms with Crippen LogP contribution in [0.4, 0.5) is 5.69 Å². The van der Waals surface area contributed by atoms with Gasteiger partial charge in [0.1, 0.15) is 5.56 Å². The van der Waals surface area contributed by atoms with Crippen LogP contribution in [0, 0.1) is 10.1 Å². The Morgan fingerprint density at radius 1 is 1.38 bits per heavy atom. The number of carboxylic acids is 1. The van der Waals surface area contributed by atoms with E-state index in [2.05, 4.69) is 0 Å². The van der Waals surface area contributed by atoms with Gasteiger partial charge in [-0.3, -0.25) is 10.1 Å². The maximum atomic E-state index is 10.4. The van der Waals surface area contributed by atoms with Crippen LogP contribution in [-0.4, -0.2) is 16.0 Å². The van der Waals surface area contributed by atoms with Gasteiger partial charge < -0.3 is 5.11 Å². The fourth-order valence-electron chi connectivity index (χ4n) is 0.814. The average molecular weight is 201 g/mol. The fraction of sp³-hybridized carbons (Fsp3) is 0. The summed E-state index contributed by atoms with van der Waals surface area (Å²) in [6.07, 6.45) is 0. The van der Waals surface area contributed by atoms with E-state index in [1.54, 1.807) is 0 Å². The zero-order chi connectivity index (χ0) is 9.14. The summed E-state index contributed by atoms with van der Waals surface area (Å²) in [6.45, 7) is 0. The highest BCUT2D eigenvalue weighted by atomic mass is 31.0. The molecule has 1 N–H and O–H groups in total. The van der Waals surface area contributed by atoms with Crippen LogP contribution in [0.5, 0.6) is 0 Å².